The predicted molar refractivity (Wildman–Crippen MR) is 112 cm³/mol. The van der Waals surface area contributed by atoms with E-state index in [-0.39, 0.29) is 0 Å². The molecule has 144 valence electrons. The monoisotopic (exact) mass is 385 g/mol. The van der Waals surface area contributed by atoms with E-state index in [1.54, 1.807) is 7.11 Å². The van der Waals surface area contributed by atoms with Gasteiger partial charge in [-0.2, -0.15) is 0 Å². The van der Waals surface area contributed by atoms with E-state index in [1.807, 2.05) is 36.0 Å². The molecule has 2 aromatic rings. The van der Waals surface area contributed by atoms with Gasteiger partial charge in [0.15, 0.2) is 11.5 Å². The van der Waals surface area contributed by atoms with Crippen LogP contribution in [0.1, 0.15) is 0 Å². The van der Waals surface area contributed by atoms with E-state index in [4.69, 9.17) is 9.47 Å². The standard InChI is InChI=1S/C21H27N3O2S/c1-25-19-9-5-6-10-20(19)26-17-21-24(15-16-27-21)23-13-11-22(12-14-23)18-7-3-2-4-8-18/h2-10,21H,11-17H2,1H3. The summed E-state index contributed by atoms with van der Waals surface area (Å²) in [6.45, 7) is 6.00. The molecular weight excluding hydrogens is 358 g/mol. The molecule has 1 atom stereocenters. The molecule has 0 amide bonds. The molecule has 2 aromatic carbocycles. The van der Waals surface area contributed by atoms with Gasteiger partial charge in [0, 0.05) is 44.2 Å². The number of ether oxygens (including phenoxy) is 2. The number of rotatable bonds is 6. The molecule has 6 heteroatoms. The van der Waals surface area contributed by atoms with Gasteiger partial charge in [-0.05, 0) is 24.3 Å². The highest BCUT2D eigenvalue weighted by molar-refractivity contribution is 8.00. The second-order valence-corrected chi connectivity index (χ2v) is 8.01. The fourth-order valence-electron chi connectivity index (χ4n) is 3.72. The lowest BCUT2D eigenvalue weighted by Gasteiger charge is -2.42. The Morgan fingerprint density at radius 1 is 0.889 bits per heavy atom. The number of thioether (sulfide) groups is 1. The number of benzene rings is 2. The van der Waals surface area contributed by atoms with Crippen molar-refractivity contribution in [2.75, 3.05) is 57.1 Å². The first-order valence-electron chi connectivity index (χ1n) is 9.54. The van der Waals surface area contributed by atoms with Gasteiger partial charge < -0.3 is 14.4 Å². The largest absolute Gasteiger partial charge is 0.493 e. The summed E-state index contributed by atoms with van der Waals surface area (Å²) >= 11 is 1.98. The first-order valence-corrected chi connectivity index (χ1v) is 10.6. The molecule has 5 nitrogen and oxygen atoms in total. The van der Waals surface area contributed by atoms with Crippen LogP contribution in [-0.2, 0) is 0 Å². The molecular formula is C21H27N3O2S. The third-order valence-corrected chi connectivity index (χ3v) is 6.34. The molecule has 0 radical (unpaired) electrons. The van der Waals surface area contributed by atoms with Crippen molar-refractivity contribution in [2.24, 2.45) is 0 Å². The molecule has 0 saturated carbocycles. The average molecular weight is 386 g/mol. The van der Waals surface area contributed by atoms with Crippen LogP contribution in [-0.4, -0.2) is 67.6 Å². The maximum absolute atomic E-state index is 6.10. The highest BCUT2D eigenvalue weighted by atomic mass is 32.2. The topological polar surface area (TPSA) is 28.2 Å². The molecule has 2 saturated heterocycles. The summed E-state index contributed by atoms with van der Waals surface area (Å²) in [6, 6.07) is 18.6. The first-order chi connectivity index (χ1) is 13.3. The minimum absolute atomic E-state index is 0.359. The normalized spacial score (nSPS) is 21.4. The van der Waals surface area contributed by atoms with E-state index in [0.717, 1.165) is 50.0 Å². The SMILES string of the molecule is COc1ccccc1OCC1SCCN1N1CCN(c2ccccc2)CC1. The van der Waals surface area contributed by atoms with Crippen LogP contribution in [0.25, 0.3) is 0 Å². The van der Waals surface area contributed by atoms with Crippen LogP contribution in [0.15, 0.2) is 54.6 Å². The van der Waals surface area contributed by atoms with Crippen LogP contribution in [0.3, 0.4) is 0 Å². The van der Waals surface area contributed by atoms with Crippen molar-refractivity contribution in [3.8, 4) is 11.5 Å². The van der Waals surface area contributed by atoms with Crippen LogP contribution in [0.5, 0.6) is 11.5 Å². The van der Waals surface area contributed by atoms with Gasteiger partial charge in [0.05, 0.1) is 7.11 Å². The molecule has 2 aliphatic heterocycles. The van der Waals surface area contributed by atoms with Gasteiger partial charge in [-0.15, -0.1) is 11.8 Å². The van der Waals surface area contributed by atoms with Gasteiger partial charge in [0.1, 0.15) is 12.0 Å². The summed E-state index contributed by atoms with van der Waals surface area (Å²) < 4.78 is 11.5. The summed E-state index contributed by atoms with van der Waals surface area (Å²) in [7, 11) is 1.69. The average Bonchev–Trinajstić information content (AvgIpc) is 3.22. The van der Waals surface area contributed by atoms with Crippen LogP contribution < -0.4 is 14.4 Å². The minimum Gasteiger partial charge on any atom is -0.493 e. The van der Waals surface area contributed by atoms with E-state index < -0.39 is 0 Å². The van der Waals surface area contributed by atoms with Gasteiger partial charge in [0.25, 0.3) is 0 Å². The van der Waals surface area contributed by atoms with E-state index in [9.17, 15) is 0 Å². The lowest BCUT2D eigenvalue weighted by atomic mass is 10.2. The Bertz CT molecular complexity index is 722. The number of hydrogen-bond donors (Lipinski definition) is 0. The molecule has 2 aliphatic rings. The van der Waals surface area contributed by atoms with Gasteiger partial charge in [-0.3, -0.25) is 0 Å². The zero-order valence-electron chi connectivity index (χ0n) is 15.8. The van der Waals surface area contributed by atoms with Crippen molar-refractivity contribution in [3.05, 3.63) is 54.6 Å². The summed E-state index contributed by atoms with van der Waals surface area (Å²) in [6.07, 6.45) is 0. The number of piperazine rings is 1. The number of hydrazine groups is 1. The van der Waals surface area contributed by atoms with Crippen LogP contribution in [0.4, 0.5) is 5.69 Å². The molecule has 1 unspecified atom stereocenters. The third-order valence-electron chi connectivity index (χ3n) is 5.15. The second kappa shape index (κ2) is 8.87. The summed E-state index contributed by atoms with van der Waals surface area (Å²) in [4.78, 5) is 2.47. The van der Waals surface area contributed by atoms with Crippen molar-refractivity contribution in [1.82, 2.24) is 10.0 Å². The van der Waals surface area contributed by atoms with Crippen LogP contribution >= 0.6 is 11.8 Å². The Balaban J connectivity index is 1.32. The molecule has 2 heterocycles. The highest BCUT2D eigenvalue weighted by Crippen LogP contribution is 2.30. The number of methoxy groups -OCH3 is 1. The van der Waals surface area contributed by atoms with Gasteiger partial charge >= 0.3 is 0 Å². The fourth-order valence-corrected chi connectivity index (χ4v) is 4.86. The number of anilines is 1. The van der Waals surface area contributed by atoms with Crippen molar-refractivity contribution in [3.63, 3.8) is 0 Å². The fraction of sp³-hybridized carbons (Fsp3) is 0.429. The molecule has 2 fully saturated rings. The summed E-state index contributed by atoms with van der Waals surface area (Å²) in [5.41, 5.74) is 1.32. The zero-order valence-corrected chi connectivity index (χ0v) is 16.6. The number of nitrogens with zero attached hydrogens (tertiary/aromatic N) is 3. The molecule has 0 spiro atoms. The van der Waals surface area contributed by atoms with Crippen molar-refractivity contribution in [1.29, 1.82) is 0 Å². The predicted octanol–water partition coefficient (Wildman–Crippen LogP) is 3.19. The van der Waals surface area contributed by atoms with Crippen LogP contribution in [0, 0.1) is 0 Å². The van der Waals surface area contributed by atoms with Gasteiger partial charge in [-0.25, -0.2) is 10.0 Å². The van der Waals surface area contributed by atoms with E-state index in [1.165, 1.54) is 5.69 Å². The maximum atomic E-state index is 6.10. The number of para-hydroxylation sites is 3. The maximum Gasteiger partial charge on any atom is 0.161 e. The Morgan fingerprint density at radius 3 is 2.33 bits per heavy atom. The molecule has 0 N–H and O–H groups in total. The van der Waals surface area contributed by atoms with Gasteiger partial charge in [-0.1, -0.05) is 30.3 Å². The Morgan fingerprint density at radius 2 is 1.59 bits per heavy atom. The molecule has 27 heavy (non-hydrogen) atoms. The van der Waals surface area contributed by atoms with Crippen molar-refractivity contribution >= 4 is 17.4 Å². The molecule has 4 rings (SSSR count). The van der Waals surface area contributed by atoms with E-state index in [2.05, 4.69) is 45.2 Å². The van der Waals surface area contributed by atoms with E-state index in [0.29, 0.717) is 12.0 Å². The summed E-state index contributed by atoms with van der Waals surface area (Å²) in [5.74, 6) is 2.77. The van der Waals surface area contributed by atoms with Crippen molar-refractivity contribution in [2.45, 2.75) is 5.37 Å². The molecule has 0 aliphatic carbocycles. The van der Waals surface area contributed by atoms with Crippen molar-refractivity contribution < 1.29 is 9.47 Å². The lowest BCUT2D eigenvalue weighted by molar-refractivity contribution is -0.0369. The summed E-state index contributed by atoms with van der Waals surface area (Å²) in [5, 5.41) is 5.37. The quantitative estimate of drug-likeness (QED) is 0.758. The first kappa shape index (κ1) is 18.5. The van der Waals surface area contributed by atoms with E-state index >= 15 is 0 Å². The lowest BCUT2D eigenvalue weighted by Crippen LogP contribution is -2.55. The Hall–Kier alpha value is -1.89. The minimum atomic E-state index is 0.359. The second-order valence-electron chi connectivity index (χ2n) is 6.73. The third kappa shape index (κ3) is 4.34. The van der Waals surface area contributed by atoms with Gasteiger partial charge in [0.2, 0.25) is 0 Å². The Kier molecular flexibility index (Phi) is 6.07. The zero-order chi connectivity index (χ0) is 18.5. The Labute approximate surface area is 165 Å². The molecule has 0 bridgehead atoms. The molecule has 0 aromatic heterocycles. The van der Waals surface area contributed by atoms with Crippen LogP contribution in [0.2, 0.25) is 0 Å². The highest BCUT2D eigenvalue weighted by Gasteiger charge is 2.32. The smallest absolute Gasteiger partial charge is 0.161 e. The number of hydrogen-bond acceptors (Lipinski definition) is 6.